The maximum atomic E-state index is 12.5. The summed E-state index contributed by atoms with van der Waals surface area (Å²) in [6.07, 6.45) is 0. The Labute approximate surface area is 166 Å². The van der Waals surface area contributed by atoms with E-state index in [0.717, 1.165) is 0 Å². The molecule has 9 nitrogen and oxygen atoms in total. The number of hydrogen-bond donors (Lipinski definition) is 1. The van der Waals surface area contributed by atoms with Gasteiger partial charge >= 0.3 is 0 Å². The third kappa shape index (κ3) is 5.91. The molecule has 1 aliphatic rings. The van der Waals surface area contributed by atoms with Crippen molar-refractivity contribution >= 4 is 22.0 Å². The molecule has 1 saturated heterocycles. The molecule has 1 N–H and O–H groups in total. The van der Waals surface area contributed by atoms with Crippen molar-refractivity contribution in [3.05, 3.63) is 30.3 Å². The molecule has 1 heterocycles. The Morgan fingerprint density at radius 1 is 1.07 bits per heavy atom. The first kappa shape index (κ1) is 22.1. The highest BCUT2D eigenvalue weighted by atomic mass is 32.2. The second-order valence-corrected chi connectivity index (χ2v) is 8.18. The molecule has 1 aliphatic heterocycles. The van der Waals surface area contributed by atoms with Gasteiger partial charge in [0.2, 0.25) is 5.91 Å². The summed E-state index contributed by atoms with van der Waals surface area (Å²) in [5, 5.41) is 2.53. The first-order valence-electron chi connectivity index (χ1n) is 9.36. The molecule has 1 aromatic carbocycles. The van der Waals surface area contributed by atoms with Crippen LogP contribution in [-0.4, -0.2) is 86.2 Å². The molecule has 0 aliphatic carbocycles. The summed E-state index contributed by atoms with van der Waals surface area (Å²) < 4.78 is 33.1. The number of nitrogens with one attached hydrogen (secondary N) is 1. The average Bonchev–Trinajstić information content (AvgIpc) is 2.72. The van der Waals surface area contributed by atoms with Crippen molar-refractivity contribution in [2.75, 3.05) is 52.4 Å². The molecule has 156 valence electrons. The quantitative estimate of drug-likeness (QED) is 0.611. The van der Waals surface area contributed by atoms with Crippen LogP contribution in [-0.2, 0) is 19.8 Å². The second kappa shape index (κ2) is 10.4. The Morgan fingerprint density at radius 3 is 2.25 bits per heavy atom. The van der Waals surface area contributed by atoms with E-state index in [1.165, 1.54) is 8.61 Å². The minimum atomic E-state index is -3.49. The fourth-order valence-corrected chi connectivity index (χ4v) is 4.49. The van der Waals surface area contributed by atoms with Crippen molar-refractivity contribution in [1.82, 2.24) is 18.8 Å². The maximum Gasteiger partial charge on any atom is 0.282 e. The van der Waals surface area contributed by atoms with Gasteiger partial charge in [-0.2, -0.15) is 17.0 Å². The fourth-order valence-electron chi connectivity index (χ4n) is 2.88. The lowest BCUT2D eigenvalue weighted by molar-refractivity contribution is -0.134. The highest BCUT2D eigenvalue weighted by molar-refractivity contribution is 7.86. The molecule has 0 radical (unpaired) electrons. The van der Waals surface area contributed by atoms with Crippen molar-refractivity contribution in [2.24, 2.45) is 0 Å². The average molecular weight is 413 g/mol. The molecule has 10 heteroatoms. The van der Waals surface area contributed by atoms with Gasteiger partial charge in [0.05, 0.1) is 6.54 Å². The van der Waals surface area contributed by atoms with Crippen LogP contribution in [0, 0.1) is 0 Å². The first-order valence-corrected chi connectivity index (χ1v) is 10.8. The smallest absolute Gasteiger partial charge is 0.282 e. The van der Waals surface area contributed by atoms with E-state index in [9.17, 15) is 18.0 Å². The standard InChI is InChI=1S/C18H28N4O5S/c1-3-21(4-2)28(25,26)22-12-10-20(11-13-22)18(24)14-19-17(23)15-27-16-8-6-5-7-9-16/h5-9H,3-4,10-15H2,1-2H3,(H,19,23). The molecule has 1 aromatic rings. The van der Waals surface area contributed by atoms with Gasteiger partial charge in [0.25, 0.3) is 16.1 Å². The van der Waals surface area contributed by atoms with Gasteiger partial charge in [-0.05, 0) is 12.1 Å². The zero-order chi connectivity index (χ0) is 20.6. The molecule has 0 spiro atoms. The van der Waals surface area contributed by atoms with Crippen LogP contribution in [0.1, 0.15) is 13.8 Å². The van der Waals surface area contributed by atoms with Crippen LogP contribution in [0.25, 0.3) is 0 Å². The Bertz CT molecular complexity index is 744. The third-order valence-corrected chi connectivity index (χ3v) is 6.69. The van der Waals surface area contributed by atoms with Crippen LogP contribution in [0.2, 0.25) is 0 Å². The highest BCUT2D eigenvalue weighted by Gasteiger charge is 2.32. The number of rotatable bonds is 9. The zero-order valence-corrected chi connectivity index (χ0v) is 17.2. The molecule has 0 atom stereocenters. The van der Waals surface area contributed by atoms with Crippen molar-refractivity contribution in [2.45, 2.75) is 13.8 Å². The van der Waals surface area contributed by atoms with Gasteiger partial charge in [-0.3, -0.25) is 9.59 Å². The summed E-state index contributed by atoms with van der Waals surface area (Å²) in [7, 11) is -3.49. The van der Waals surface area contributed by atoms with Crippen molar-refractivity contribution in [3.8, 4) is 5.75 Å². The summed E-state index contributed by atoms with van der Waals surface area (Å²) in [5.74, 6) is -0.0533. The van der Waals surface area contributed by atoms with Gasteiger partial charge in [-0.1, -0.05) is 32.0 Å². The van der Waals surface area contributed by atoms with Crippen LogP contribution in [0.4, 0.5) is 0 Å². The molecule has 2 amide bonds. The number of hydrogen-bond acceptors (Lipinski definition) is 5. The van der Waals surface area contributed by atoms with E-state index in [1.807, 2.05) is 6.07 Å². The topological polar surface area (TPSA) is 99.3 Å². The number of piperazine rings is 1. The summed E-state index contributed by atoms with van der Waals surface area (Å²) in [5.41, 5.74) is 0. The molecular weight excluding hydrogens is 384 g/mol. The first-order chi connectivity index (χ1) is 13.4. The predicted octanol–water partition coefficient (Wildman–Crippen LogP) is -0.0876. The van der Waals surface area contributed by atoms with E-state index in [1.54, 1.807) is 43.0 Å². The number of benzene rings is 1. The molecule has 2 rings (SSSR count). The summed E-state index contributed by atoms with van der Waals surface area (Å²) in [6.45, 7) is 5.20. The zero-order valence-electron chi connectivity index (χ0n) is 16.3. The maximum absolute atomic E-state index is 12.5. The van der Waals surface area contributed by atoms with Crippen molar-refractivity contribution < 1.29 is 22.7 Å². The van der Waals surface area contributed by atoms with Gasteiger partial charge in [-0.15, -0.1) is 0 Å². The molecule has 0 saturated carbocycles. The van der Waals surface area contributed by atoms with E-state index in [4.69, 9.17) is 4.74 Å². The highest BCUT2D eigenvalue weighted by Crippen LogP contribution is 2.12. The third-order valence-electron chi connectivity index (χ3n) is 4.50. The van der Waals surface area contributed by atoms with Gasteiger partial charge < -0.3 is 15.0 Å². The van der Waals surface area contributed by atoms with Crippen LogP contribution in [0.15, 0.2) is 30.3 Å². The minimum absolute atomic E-state index is 0.139. The van der Waals surface area contributed by atoms with Crippen LogP contribution in [0.3, 0.4) is 0 Å². The molecule has 0 bridgehead atoms. The van der Waals surface area contributed by atoms with E-state index < -0.39 is 10.2 Å². The Morgan fingerprint density at radius 2 is 1.68 bits per heavy atom. The largest absolute Gasteiger partial charge is 0.484 e. The number of nitrogens with zero attached hydrogens (tertiary/aromatic N) is 3. The van der Waals surface area contributed by atoms with E-state index in [0.29, 0.717) is 31.9 Å². The molecule has 28 heavy (non-hydrogen) atoms. The minimum Gasteiger partial charge on any atom is -0.484 e. The number of amides is 2. The summed E-state index contributed by atoms with van der Waals surface area (Å²) >= 11 is 0. The molecular formula is C18H28N4O5S. The van der Waals surface area contributed by atoms with Crippen LogP contribution in [0.5, 0.6) is 5.75 Å². The second-order valence-electron chi connectivity index (χ2n) is 6.25. The number of ether oxygens (including phenoxy) is 1. The van der Waals surface area contributed by atoms with E-state index in [2.05, 4.69) is 5.32 Å². The van der Waals surface area contributed by atoms with Crippen molar-refractivity contribution in [1.29, 1.82) is 0 Å². The van der Waals surface area contributed by atoms with Gasteiger partial charge in [0.15, 0.2) is 6.61 Å². The Hall–Kier alpha value is -2.17. The van der Waals surface area contributed by atoms with E-state index >= 15 is 0 Å². The molecule has 0 aromatic heterocycles. The lowest BCUT2D eigenvalue weighted by Crippen LogP contribution is -2.55. The van der Waals surface area contributed by atoms with Crippen LogP contribution >= 0.6 is 0 Å². The van der Waals surface area contributed by atoms with Gasteiger partial charge in [0, 0.05) is 39.3 Å². The normalized spacial score (nSPS) is 15.5. The number of para-hydroxylation sites is 1. The number of carbonyl (C=O) groups excluding carboxylic acids is 2. The van der Waals surface area contributed by atoms with Gasteiger partial charge in [-0.25, -0.2) is 0 Å². The van der Waals surface area contributed by atoms with Gasteiger partial charge in [0.1, 0.15) is 5.75 Å². The predicted molar refractivity (Wildman–Crippen MR) is 105 cm³/mol. The lowest BCUT2D eigenvalue weighted by atomic mass is 10.3. The van der Waals surface area contributed by atoms with E-state index in [-0.39, 0.29) is 38.1 Å². The van der Waals surface area contributed by atoms with Crippen LogP contribution < -0.4 is 10.1 Å². The van der Waals surface area contributed by atoms with Crippen molar-refractivity contribution in [3.63, 3.8) is 0 Å². The summed E-state index contributed by atoms with van der Waals surface area (Å²) in [6, 6.07) is 8.93. The Kier molecular flexibility index (Phi) is 8.21. The Balaban J connectivity index is 1.74. The fraction of sp³-hybridized carbons (Fsp3) is 0.556. The summed E-state index contributed by atoms with van der Waals surface area (Å²) in [4.78, 5) is 25.7. The molecule has 1 fully saturated rings. The molecule has 0 unspecified atom stereocenters. The lowest BCUT2D eigenvalue weighted by Gasteiger charge is -2.36. The SMILES string of the molecule is CCN(CC)S(=O)(=O)N1CCN(C(=O)CNC(=O)COc2ccccc2)CC1. The number of carbonyl (C=O) groups is 2. The monoisotopic (exact) mass is 412 g/mol.